The minimum absolute atomic E-state index is 0.557. The van der Waals surface area contributed by atoms with Crippen molar-refractivity contribution < 1.29 is 0 Å². The van der Waals surface area contributed by atoms with E-state index in [2.05, 4.69) is 121 Å². The number of aromatic nitrogens is 14. The molecule has 0 bridgehead atoms. The molecule has 0 spiro atoms. The van der Waals surface area contributed by atoms with Crippen molar-refractivity contribution in [1.29, 1.82) is 0 Å². The van der Waals surface area contributed by atoms with Gasteiger partial charge in [-0.3, -0.25) is 24.8 Å². The van der Waals surface area contributed by atoms with Crippen LogP contribution in [0.5, 0.6) is 0 Å². The van der Waals surface area contributed by atoms with E-state index in [0.717, 1.165) is 203 Å². The third-order valence-corrected chi connectivity index (χ3v) is 18.4. The van der Waals surface area contributed by atoms with Crippen LogP contribution in [0, 0.1) is 0 Å². The number of allylic oxidation sites excluding steroid dienone is 5. The highest BCUT2D eigenvalue weighted by atomic mass is 35.5. The van der Waals surface area contributed by atoms with Gasteiger partial charge in [0, 0.05) is 134 Å². The smallest absolute Gasteiger partial charge is 0.182 e. The van der Waals surface area contributed by atoms with Crippen molar-refractivity contribution in [1.82, 2.24) is 99.5 Å². The minimum Gasteiger partial charge on any atom is -0.304 e. The van der Waals surface area contributed by atoms with Gasteiger partial charge in [-0.25, -0.2) is 14.0 Å². The van der Waals surface area contributed by atoms with Gasteiger partial charge in [0.25, 0.3) is 0 Å². The number of likely N-dealkylation sites (N-methyl/N-ethyl adjacent to an activating group) is 3. The maximum absolute atomic E-state index is 6.91. The summed E-state index contributed by atoms with van der Waals surface area (Å²) in [4.78, 5) is 19.0. The third-order valence-electron chi connectivity index (χ3n) is 17.3. The number of hydrogen-bond donors (Lipinski definition) is 1. The van der Waals surface area contributed by atoms with E-state index >= 15 is 0 Å². The van der Waals surface area contributed by atoms with Crippen LogP contribution in [0.3, 0.4) is 0 Å². The molecule has 0 atom stereocenters. The molecule has 0 unspecified atom stereocenters. The fourth-order valence-corrected chi connectivity index (χ4v) is 12.9. The number of fused-ring (bicyclic) bond motifs is 3. The first-order chi connectivity index (χ1) is 44.1. The van der Waals surface area contributed by atoms with Gasteiger partial charge in [0.1, 0.15) is 34.2 Å². The van der Waals surface area contributed by atoms with Gasteiger partial charge < -0.3 is 14.7 Å². The fourth-order valence-electron chi connectivity index (χ4n) is 11.9. The molecule has 11 heterocycles. The monoisotopic (exact) mass is 1260 g/mol. The summed E-state index contributed by atoms with van der Waals surface area (Å²) in [5.41, 5.74) is 12.2. The Balaban J connectivity index is 0.000000124. The molecule has 21 nitrogen and oxygen atoms in total. The molecule has 3 saturated heterocycles. The van der Waals surface area contributed by atoms with E-state index < -0.39 is 0 Å². The molecule has 10 aromatic rings. The average Bonchev–Trinajstić information content (AvgIpc) is 2.56. The van der Waals surface area contributed by atoms with E-state index in [9.17, 15) is 0 Å². The van der Waals surface area contributed by atoms with Gasteiger partial charge >= 0.3 is 0 Å². The van der Waals surface area contributed by atoms with Gasteiger partial charge in [0.2, 0.25) is 0 Å². The molecular formula is C66H72Cl3N21. The molecule has 0 saturated carbocycles. The van der Waals surface area contributed by atoms with Crippen molar-refractivity contribution in [3.63, 3.8) is 0 Å². The first kappa shape index (κ1) is 60.9. The second kappa shape index (κ2) is 28.1. The molecule has 0 amide bonds. The van der Waals surface area contributed by atoms with Crippen LogP contribution in [0.25, 0.3) is 89.5 Å². The van der Waals surface area contributed by atoms with Gasteiger partial charge in [-0.2, -0.15) is 20.4 Å². The summed E-state index contributed by atoms with van der Waals surface area (Å²) in [5, 5.41) is 53.1. The Morgan fingerprint density at radius 3 is 1.19 bits per heavy atom. The van der Waals surface area contributed by atoms with Crippen LogP contribution in [0.1, 0.15) is 24.2 Å². The Bertz CT molecular complexity index is 4030. The van der Waals surface area contributed by atoms with Crippen LogP contribution in [0.15, 0.2) is 133 Å². The van der Waals surface area contributed by atoms with Gasteiger partial charge in [0.05, 0.1) is 62.3 Å². The summed E-state index contributed by atoms with van der Waals surface area (Å²) in [6.45, 7) is 18.0. The average molecular weight is 1270 g/mol. The molecular weight excluding hydrogens is 1190 g/mol. The Morgan fingerprint density at radius 2 is 0.811 bits per heavy atom. The van der Waals surface area contributed by atoms with Crippen LogP contribution < -0.4 is 0 Å². The molecule has 7 aromatic heterocycles. The van der Waals surface area contributed by atoms with Crippen LogP contribution >= 0.6 is 34.8 Å². The number of aliphatic imine (C=N–C) groups is 1. The molecule has 0 radical (unpaired) electrons. The molecule has 1 aliphatic carbocycles. The van der Waals surface area contributed by atoms with Crippen LogP contribution in [0.4, 0.5) is 0 Å². The zero-order valence-corrected chi connectivity index (χ0v) is 53.2. The number of H-pyrrole nitrogens is 1. The van der Waals surface area contributed by atoms with Gasteiger partial charge in [0.15, 0.2) is 16.9 Å². The molecule has 3 fully saturated rings. The lowest BCUT2D eigenvalue weighted by Crippen LogP contribution is -2.45. The van der Waals surface area contributed by atoms with Gasteiger partial charge in [-0.1, -0.05) is 150 Å². The van der Waals surface area contributed by atoms with Crippen molar-refractivity contribution in [3.8, 4) is 45.2 Å². The zero-order chi connectivity index (χ0) is 61.5. The van der Waals surface area contributed by atoms with Gasteiger partial charge in [-0.05, 0) is 39.2 Å². The molecule has 1 N–H and O–H groups in total. The Morgan fingerprint density at radius 1 is 0.411 bits per heavy atom. The SMILES string of the molecule is CN1CCN(CCn2nc(-c3ccn[nH]3)c3c(Cl)c(-c4ccccc4)nnc32)CC1.CN1CCN(CCn2nc(C3=CCC=C3)c3c(Cl)c(-c4ccccc4)nnc32)CC1.CN1CCN(CCn2nc(C3=CCC=N3)c3c(Cl)c(-c4ccccc4)nnc32)CC1. The summed E-state index contributed by atoms with van der Waals surface area (Å²) < 4.78 is 5.83. The highest BCUT2D eigenvalue weighted by Gasteiger charge is 2.27. The first-order valence-corrected chi connectivity index (χ1v) is 32.0. The summed E-state index contributed by atoms with van der Waals surface area (Å²) in [7, 11) is 6.51. The molecule has 90 heavy (non-hydrogen) atoms. The van der Waals surface area contributed by atoms with Gasteiger partial charge in [-0.15, -0.1) is 30.6 Å². The lowest BCUT2D eigenvalue weighted by Gasteiger charge is -2.32. The Hall–Kier alpha value is -7.96. The number of benzene rings is 3. The van der Waals surface area contributed by atoms with E-state index in [4.69, 9.17) is 50.1 Å². The summed E-state index contributed by atoms with van der Waals surface area (Å²) in [5.74, 6) is 0. The largest absolute Gasteiger partial charge is 0.304 e. The molecule has 5 aliphatic rings. The van der Waals surface area contributed by atoms with E-state index in [1.165, 1.54) is 0 Å². The van der Waals surface area contributed by atoms with Crippen molar-refractivity contribution in [2.24, 2.45) is 4.99 Å². The lowest BCUT2D eigenvalue weighted by atomic mass is 10.1. The Kier molecular flexibility index (Phi) is 19.0. The Labute approximate surface area is 537 Å². The molecule has 24 heteroatoms. The van der Waals surface area contributed by atoms with Crippen molar-refractivity contribution in [3.05, 3.63) is 154 Å². The minimum atomic E-state index is 0.557. The molecule has 4 aliphatic heterocycles. The number of halogens is 3. The second-order valence-electron chi connectivity index (χ2n) is 23.3. The predicted octanol–water partition coefficient (Wildman–Crippen LogP) is 9.73. The number of rotatable bonds is 15. The first-order valence-electron chi connectivity index (χ1n) is 30.9. The second-order valence-corrected chi connectivity index (χ2v) is 24.5. The highest BCUT2D eigenvalue weighted by Crippen LogP contribution is 2.40. The highest BCUT2D eigenvalue weighted by molar-refractivity contribution is 6.39. The van der Waals surface area contributed by atoms with E-state index in [1.807, 2.05) is 117 Å². The maximum Gasteiger partial charge on any atom is 0.182 e. The summed E-state index contributed by atoms with van der Waals surface area (Å²) in [6.07, 6.45) is 13.9. The van der Waals surface area contributed by atoms with Crippen molar-refractivity contribution in [2.45, 2.75) is 32.5 Å². The van der Waals surface area contributed by atoms with E-state index in [-0.39, 0.29) is 0 Å². The quantitative estimate of drug-likeness (QED) is 0.102. The molecule has 15 rings (SSSR count). The van der Waals surface area contributed by atoms with Crippen LogP contribution in [-0.2, 0) is 19.6 Å². The van der Waals surface area contributed by atoms with Crippen LogP contribution in [0.2, 0.25) is 15.1 Å². The fraction of sp³-hybridized carbons (Fsp3) is 0.348. The van der Waals surface area contributed by atoms with Crippen LogP contribution in [-0.4, -0.2) is 225 Å². The van der Waals surface area contributed by atoms with Crippen molar-refractivity contribution >= 4 is 85.4 Å². The number of piperazine rings is 3. The standard InChI is InChI=1S/C23H25ClN6.C22H24ClN7.C21H23ClN8/c1-28-11-13-29(14-12-28)15-16-30-23-19(21(27-30)17-9-5-6-10-17)20(24)22(25-26-23)18-7-3-2-4-8-18;1-28-10-12-29(13-11-28)14-15-30-22-18(21(27-30)17-8-5-9-24-17)19(23)20(25-26-22)16-6-3-2-4-7-16;1-28-9-11-29(12-10-28)13-14-30-21-17(20(27-30)16-7-8-23-24-16)18(22)19(25-26-21)15-5-3-2-4-6-15/h2-5,7-10H,6,11-16H2,1H3;2-4,6-9H,5,10-15H2,1H3;2-8H,9-14H2,1H3,(H,23,24). The normalized spacial score (nSPS) is 17.1. The predicted molar refractivity (Wildman–Crippen MR) is 360 cm³/mol. The number of nitrogens with one attached hydrogen (secondary N) is 1. The summed E-state index contributed by atoms with van der Waals surface area (Å²) >= 11 is 20.7. The number of aromatic amines is 1. The number of nitrogens with zero attached hydrogens (tertiary/aromatic N) is 20. The molecule has 3 aromatic carbocycles. The van der Waals surface area contributed by atoms with Crippen molar-refractivity contribution in [2.75, 3.05) is 119 Å². The lowest BCUT2D eigenvalue weighted by molar-refractivity contribution is 0.149. The summed E-state index contributed by atoms with van der Waals surface area (Å²) in [6, 6.07) is 31.6. The third kappa shape index (κ3) is 13.4. The van der Waals surface area contributed by atoms with E-state index in [0.29, 0.717) is 43.4 Å². The van der Waals surface area contributed by atoms with E-state index in [1.54, 1.807) is 6.20 Å². The molecule has 462 valence electrons. The topological polar surface area (TPSA) is 191 Å². The number of hydrogen-bond acceptors (Lipinski definition) is 17. The maximum atomic E-state index is 6.91. The zero-order valence-electron chi connectivity index (χ0n) is 50.9.